The van der Waals surface area contributed by atoms with Crippen LogP contribution in [0.4, 0.5) is 0 Å². The van der Waals surface area contributed by atoms with Gasteiger partial charge < -0.3 is 9.47 Å². The predicted molar refractivity (Wildman–Crippen MR) is 83.9 cm³/mol. The molecule has 0 radical (unpaired) electrons. The summed E-state index contributed by atoms with van der Waals surface area (Å²) >= 11 is 3.79. The highest BCUT2D eigenvalue weighted by molar-refractivity contribution is 9.09. The summed E-state index contributed by atoms with van der Waals surface area (Å²) in [7, 11) is 3.35. The minimum Gasteiger partial charge on any atom is -0.496 e. The van der Waals surface area contributed by atoms with Crippen LogP contribution in [0.5, 0.6) is 11.5 Å². The second kappa shape index (κ2) is 6.75. The molecule has 4 heteroatoms. The Morgan fingerprint density at radius 3 is 2.05 bits per heavy atom. The van der Waals surface area contributed by atoms with Gasteiger partial charge in [0.15, 0.2) is 0 Å². The Morgan fingerprint density at radius 1 is 1.00 bits per heavy atom. The second-order valence-electron chi connectivity index (χ2n) is 4.55. The average Bonchev–Trinajstić information content (AvgIpc) is 2.53. The van der Waals surface area contributed by atoms with Crippen LogP contribution in [0.1, 0.15) is 28.8 Å². The van der Waals surface area contributed by atoms with Crippen LogP contribution in [0.2, 0.25) is 0 Å². The van der Waals surface area contributed by atoms with Gasteiger partial charge in [-0.2, -0.15) is 0 Å². The molecule has 0 N–H and O–H groups in total. The Hall–Kier alpha value is -1.55. The molecule has 0 aliphatic heterocycles. The molecule has 3 nitrogen and oxygen atoms in total. The molecule has 106 valence electrons. The fraction of sp³-hybridized carbons (Fsp3) is 0.312. The maximum Gasteiger partial charge on any atom is 0.126 e. The molecule has 0 aliphatic carbocycles. The number of hydrogen-bond acceptors (Lipinski definition) is 3. The van der Waals surface area contributed by atoms with Crippen LogP contribution in [0.15, 0.2) is 42.7 Å². The van der Waals surface area contributed by atoms with Crippen LogP contribution >= 0.6 is 15.9 Å². The SMILES string of the molecule is COc1cccc(OC)c1C(Br)C(C)c1ccncc1. The molecule has 2 aromatic rings. The first kappa shape index (κ1) is 14.9. The van der Waals surface area contributed by atoms with E-state index in [1.807, 2.05) is 42.7 Å². The van der Waals surface area contributed by atoms with Crippen LogP contribution in [0, 0.1) is 0 Å². The van der Waals surface area contributed by atoms with Gasteiger partial charge in [0.2, 0.25) is 0 Å². The third kappa shape index (κ3) is 2.96. The smallest absolute Gasteiger partial charge is 0.126 e. The van der Waals surface area contributed by atoms with Gasteiger partial charge in [-0.05, 0) is 35.7 Å². The van der Waals surface area contributed by atoms with Crippen molar-refractivity contribution in [3.05, 3.63) is 53.9 Å². The molecule has 0 bridgehead atoms. The highest BCUT2D eigenvalue weighted by Gasteiger charge is 2.24. The third-order valence-corrected chi connectivity index (χ3v) is 4.66. The summed E-state index contributed by atoms with van der Waals surface area (Å²) in [4.78, 5) is 4.16. The molecule has 0 spiro atoms. The van der Waals surface area contributed by atoms with Gasteiger partial charge in [-0.15, -0.1) is 0 Å². The standard InChI is InChI=1S/C16H18BrNO2/c1-11(12-7-9-18-10-8-12)16(17)15-13(19-2)5-4-6-14(15)20-3/h4-11,16H,1-3H3. The third-order valence-electron chi connectivity index (χ3n) is 3.41. The number of benzene rings is 1. The zero-order chi connectivity index (χ0) is 14.5. The van der Waals surface area contributed by atoms with Crippen LogP contribution in [-0.4, -0.2) is 19.2 Å². The Balaban J connectivity index is 2.40. The second-order valence-corrected chi connectivity index (χ2v) is 5.53. The number of alkyl halides is 1. The Labute approximate surface area is 128 Å². The summed E-state index contributed by atoms with van der Waals surface area (Å²) in [5, 5.41) is 0. The van der Waals surface area contributed by atoms with E-state index < -0.39 is 0 Å². The van der Waals surface area contributed by atoms with E-state index in [2.05, 4.69) is 27.8 Å². The number of methoxy groups -OCH3 is 2. The lowest BCUT2D eigenvalue weighted by molar-refractivity contribution is 0.383. The van der Waals surface area contributed by atoms with Gasteiger partial charge in [0, 0.05) is 12.4 Å². The number of aromatic nitrogens is 1. The summed E-state index contributed by atoms with van der Waals surface area (Å²) < 4.78 is 10.9. The van der Waals surface area contributed by atoms with E-state index >= 15 is 0 Å². The van der Waals surface area contributed by atoms with Crippen molar-refractivity contribution >= 4 is 15.9 Å². The van der Waals surface area contributed by atoms with E-state index in [0.717, 1.165) is 17.1 Å². The van der Waals surface area contributed by atoms with E-state index in [4.69, 9.17) is 9.47 Å². The minimum atomic E-state index is 0.0935. The Bertz CT molecular complexity index is 537. The van der Waals surface area contributed by atoms with Gasteiger partial charge in [-0.25, -0.2) is 0 Å². The highest BCUT2D eigenvalue weighted by Crippen LogP contribution is 2.45. The molecular weight excluding hydrogens is 318 g/mol. The van der Waals surface area contributed by atoms with Gasteiger partial charge in [-0.3, -0.25) is 4.98 Å². The molecule has 0 aliphatic rings. The number of halogens is 1. The Morgan fingerprint density at radius 2 is 1.55 bits per heavy atom. The first-order valence-corrected chi connectivity index (χ1v) is 7.35. The lowest BCUT2D eigenvalue weighted by Crippen LogP contribution is -2.06. The van der Waals surface area contributed by atoms with Crippen molar-refractivity contribution in [2.75, 3.05) is 14.2 Å². The van der Waals surface area contributed by atoms with Gasteiger partial charge in [0.05, 0.1) is 24.6 Å². The van der Waals surface area contributed by atoms with E-state index in [1.165, 1.54) is 5.56 Å². The molecule has 0 fully saturated rings. The van der Waals surface area contributed by atoms with Gasteiger partial charge >= 0.3 is 0 Å². The Kier molecular flexibility index (Phi) is 5.01. The quantitative estimate of drug-likeness (QED) is 0.761. The predicted octanol–water partition coefficient (Wildman–Crippen LogP) is 4.34. The maximum absolute atomic E-state index is 5.47. The fourth-order valence-corrected chi connectivity index (χ4v) is 2.99. The van der Waals surface area contributed by atoms with Crippen molar-refractivity contribution in [2.24, 2.45) is 0 Å². The largest absolute Gasteiger partial charge is 0.496 e. The average molecular weight is 336 g/mol. The molecule has 1 aromatic heterocycles. The topological polar surface area (TPSA) is 31.4 Å². The minimum absolute atomic E-state index is 0.0935. The number of ether oxygens (including phenoxy) is 2. The van der Waals surface area contributed by atoms with Crippen molar-refractivity contribution in [1.82, 2.24) is 4.98 Å². The van der Waals surface area contributed by atoms with E-state index in [-0.39, 0.29) is 10.7 Å². The van der Waals surface area contributed by atoms with Crippen molar-refractivity contribution in [3.63, 3.8) is 0 Å². The number of hydrogen-bond donors (Lipinski definition) is 0. The zero-order valence-corrected chi connectivity index (χ0v) is 13.4. The zero-order valence-electron chi connectivity index (χ0n) is 11.8. The summed E-state index contributed by atoms with van der Waals surface area (Å²) in [6.07, 6.45) is 3.62. The molecule has 2 rings (SSSR count). The number of rotatable bonds is 5. The number of nitrogens with zero attached hydrogens (tertiary/aromatic N) is 1. The molecular formula is C16H18BrNO2. The summed E-state index contributed by atoms with van der Waals surface area (Å²) in [6.45, 7) is 2.17. The van der Waals surface area contributed by atoms with Gasteiger partial charge in [0.25, 0.3) is 0 Å². The van der Waals surface area contributed by atoms with E-state index in [9.17, 15) is 0 Å². The molecule has 0 saturated heterocycles. The van der Waals surface area contributed by atoms with Crippen LogP contribution in [0.3, 0.4) is 0 Å². The van der Waals surface area contributed by atoms with Crippen LogP contribution in [0.25, 0.3) is 0 Å². The van der Waals surface area contributed by atoms with Crippen molar-refractivity contribution < 1.29 is 9.47 Å². The normalized spacial score (nSPS) is 13.6. The van der Waals surface area contributed by atoms with E-state index in [1.54, 1.807) is 14.2 Å². The van der Waals surface area contributed by atoms with E-state index in [0.29, 0.717) is 0 Å². The molecule has 2 atom stereocenters. The highest BCUT2D eigenvalue weighted by atomic mass is 79.9. The van der Waals surface area contributed by atoms with Crippen molar-refractivity contribution in [2.45, 2.75) is 17.7 Å². The summed E-state index contributed by atoms with van der Waals surface area (Å²) in [6, 6.07) is 9.89. The van der Waals surface area contributed by atoms with Crippen LogP contribution in [-0.2, 0) is 0 Å². The first-order chi connectivity index (χ1) is 9.69. The molecule has 0 saturated carbocycles. The maximum atomic E-state index is 5.47. The lowest BCUT2D eigenvalue weighted by atomic mass is 9.93. The molecule has 0 amide bonds. The van der Waals surface area contributed by atoms with Crippen molar-refractivity contribution in [3.8, 4) is 11.5 Å². The number of pyridine rings is 1. The first-order valence-electron chi connectivity index (χ1n) is 6.44. The molecule has 2 unspecified atom stereocenters. The summed E-state index contributed by atoms with van der Waals surface area (Å²) in [5.74, 6) is 1.92. The van der Waals surface area contributed by atoms with Crippen LogP contribution < -0.4 is 9.47 Å². The van der Waals surface area contributed by atoms with Crippen molar-refractivity contribution in [1.29, 1.82) is 0 Å². The molecule has 20 heavy (non-hydrogen) atoms. The summed E-state index contributed by atoms with van der Waals surface area (Å²) in [5.41, 5.74) is 2.25. The fourth-order valence-electron chi connectivity index (χ4n) is 2.24. The van der Waals surface area contributed by atoms with Gasteiger partial charge in [0.1, 0.15) is 11.5 Å². The van der Waals surface area contributed by atoms with Gasteiger partial charge in [-0.1, -0.05) is 28.9 Å². The molecule has 1 heterocycles. The lowest BCUT2D eigenvalue weighted by Gasteiger charge is -2.23. The molecule has 1 aromatic carbocycles. The monoisotopic (exact) mass is 335 g/mol.